The van der Waals surface area contributed by atoms with Gasteiger partial charge in [-0.25, -0.2) is 19.2 Å². The van der Waals surface area contributed by atoms with Gasteiger partial charge < -0.3 is 20.1 Å². The van der Waals surface area contributed by atoms with Crippen LogP contribution in [0.25, 0.3) is 0 Å². The van der Waals surface area contributed by atoms with Crippen molar-refractivity contribution in [3.05, 3.63) is 70.8 Å². The van der Waals surface area contributed by atoms with E-state index >= 15 is 0 Å². The minimum atomic E-state index is -1.13. The summed E-state index contributed by atoms with van der Waals surface area (Å²) in [5.74, 6) is -3.38. The molecule has 0 radical (unpaired) electrons. The van der Waals surface area contributed by atoms with Crippen molar-refractivity contribution in [3.63, 3.8) is 0 Å². The lowest BCUT2D eigenvalue weighted by Gasteiger charge is -2.14. The molecule has 0 saturated heterocycles. The Labute approximate surface area is 186 Å². The van der Waals surface area contributed by atoms with E-state index in [-0.39, 0.29) is 22.3 Å². The Kier molecular flexibility index (Phi) is 11.2. The third-order valence-electron chi connectivity index (χ3n) is 4.70. The molecule has 32 heavy (non-hydrogen) atoms. The first-order chi connectivity index (χ1) is 15.2. The highest BCUT2D eigenvalue weighted by Gasteiger charge is 2.13. The van der Waals surface area contributed by atoms with Gasteiger partial charge in [0, 0.05) is 0 Å². The number of carbonyl (C=O) groups is 4. The van der Waals surface area contributed by atoms with Crippen LogP contribution in [0.3, 0.4) is 0 Å². The fourth-order valence-electron chi connectivity index (χ4n) is 2.74. The number of hydrogen-bond acceptors (Lipinski definition) is 5. The molecule has 0 saturated carbocycles. The number of carboxylic acid groups (broad SMARTS) is 3. The maximum atomic E-state index is 11.9. The van der Waals surface area contributed by atoms with Crippen LogP contribution in [0.2, 0.25) is 0 Å². The summed E-state index contributed by atoms with van der Waals surface area (Å²) < 4.78 is 5.28. The number of ether oxygens (including phenoxy) is 1. The first-order valence-corrected chi connectivity index (χ1v) is 10.3. The first kappa shape index (κ1) is 26.4. The van der Waals surface area contributed by atoms with E-state index in [0.717, 1.165) is 31.7 Å². The van der Waals surface area contributed by atoms with Gasteiger partial charge in [0.15, 0.2) is 0 Å². The highest BCUT2D eigenvalue weighted by Crippen LogP contribution is 2.14. The van der Waals surface area contributed by atoms with E-state index < -0.39 is 23.9 Å². The first-order valence-electron chi connectivity index (χ1n) is 10.3. The van der Waals surface area contributed by atoms with Gasteiger partial charge in [-0.15, -0.1) is 0 Å². The minimum Gasteiger partial charge on any atom is -0.478 e. The summed E-state index contributed by atoms with van der Waals surface area (Å²) in [6, 6.07) is 11.1. The molecule has 0 bridgehead atoms. The predicted molar refractivity (Wildman–Crippen MR) is 117 cm³/mol. The van der Waals surface area contributed by atoms with Gasteiger partial charge in [0.05, 0.1) is 28.9 Å². The lowest BCUT2D eigenvalue weighted by atomic mass is 10.0. The average molecular weight is 444 g/mol. The monoisotopic (exact) mass is 444 g/mol. The average Bonchev–Trinajstić information content (AvgIpc) is 2.79. The van der Waals surface area contributed by atoms with E-state index in [1.54, 1.807) is 12.1 Å². The Morgan fingerprint density at radius 2 is 1.22 bits per heavy atom. The number of carboxylic acids is 3. The highest BCUT2D eigenvalue weighted by atomic mass is 16.5. The number of esters is 1. The summed E-state index contributed by atoms with van der Waals surface area (Å²) in [5, 5.41) is 25.9. The number of carbonyl (C=O) groups excluding carboxylic acids is 1. The smallest absolute Gasteiger partial charge is 0.338 e. The second kappa shape index (κ2) is 13.6. The van der Waals surface area contributed by atoms with Crippen molar-refractivity contribution >= 4 is 23.9 Å². The lowest BCUT2D eigenvalue weighted by Crippen LogP contribution is -2.14. The van der Waals surface area contributed by atoms with Crippen molar-refractivity contribution in [1.29, 1.82) is 0 Å². The van der Waals surface area contributed by atoms with E-state index in [9.17, 15) is 19.2 Å². The van der Waals surface area contributed by atoms with Gasteiger partial charge in [-0.05, 0) is 48.7 Å². The van der Waals surface area contributed by atoms with Crippen molar-refractivity contribution < 1.29 is 39.2 Å². The van der Waals surface area contributed by atoms with Crippen LogP contribution in [-0.4, -0.2) is 45.8 Å². The normalized spacial score (nSPS) is 10.9. The number of rotatable bonds is 10. The summed E-state index contributed by atoms with van der Waals surface area (Å²) in [6.45, 7) is 4.61. The van der Waals surface area contributed by atoms with Gasteiger partial charge in [0.2, 0.25) is 0 Å². The predicted octanol–water partition coefficient (Wildman–Crippen LogP) is 4.84. The molecule has 172 valence electrons. The summed E-state index contributed by atoms with van der Waals surface area (Å²) in [5.41, 5.74) is 0.345. The Hall–Kier alpha value is -3.68. The van der Waals surface area contributed by atoms with E-state index in [0.29, 0.717) is 12.5 Å². The molecule has 0 aromatic heterocycles. The lowest BCUT2D eigenvalue weighted by molar-refractivity contribution is 0.0427. The number of aromatic carboxylic acids is 3. The standard InChI is InChI=1S/C16H22O4.C8H6O4/c1-3-5-7-12(4-2)11-20-16(19)14-9-6-8-13(10-14)15(17)18;9-7(10)5-2-1-3-6(4-5)8(11)12/h6,8-10,12H,3-5,7,11H2,1-2H3,(H,17,18);1-4H,(H,9,10)(H,11,12). The minimum absolute atomic E-state index is 0.0186. The van der Waals surface area contributed by atoms with Crippen LogP contribution in [0.4, 0.5) is 0 Å². The maximum Gasteiger partial charge on any atom is 0.338 e. The second-order valence-corrected chi connectivity index (χ2v) is 7.09. The van der Waals surface area contributed by atoms with Crippen LogP contribution < -0.4 is 0 Å². The van der Waals surface area contributed by atoms with Gasteiger partial charge in [0.1, 0.15) is 0 Å². The quantitative estimate of drug-likeness (QED) is 0.443. The molecule has 2 aromatic rings. The molecule has 0 aliphatic rings. The van der Waals surface area contributed by atoms with Crippen molar-refractivity contribution in [2.24, 2.45) is 5.92 Å². The summed E-state index contributed by atoms with van der Waals surface area (Å²) in [6.07, 6.45) is 4.29. The zero-order valence-electron chi connectivity index (χ0n) is 18.1. The molecule has 0 spiro atoms. The summed E-state index contributed by atoms with van der Waals surface area (Å²) in [7, 11) is 0. The van der Waals surface area contributed by atoms with Crippen LogP contribution >= 0.6 is 0 Å². The Bertz CT molecular complexity index is 906. The van der Waals surface area contributed by atoms with Crippen LogP contribution in [0.1, 0.15) is 81.0 Å². The van der Waals surface area contributed by atoms with Crippen LogP contribution in [0.5, 0.6) is 0 Å². The zero-order valence-corrected chi connectivity index (χ0v) is 18.1. The fraction of sp³-hybridized carbons (Fsp3) is 0.333. The van der Waals surface area contributed by atoms with Crippen LogP contribution in [-0.2, 0) is 4.74 Å². The SMILES string of the molecule is CCCCC(CC)COC(=O)c1cccc(C(=O)O)c1.O=C(O)c1cccc(C(=O)O)c1. The molecule has 8 heteroatoms. The van der Waals surface area contributed by atoms with E-state index in [4.69, 9.17) is 20.1 Å². The Morgan fingerprint density at radius 1 is 0.781 bits per heavy atom. The van der Waals surface area contributed by atoms with Crippen molar-refractivity contribution in [2.45, 2.75) is 39.5 Å². The van der Waals surface area contributed by atoms with Gasteiger partial charge in [-0.2, -0.15) is 0 Å². The molecule has 0 fully saturated rings. The number of benzene rings is 2. The van der Waals surface area contributed by atoms with E-state index in [1.165, 1.54) is 30.3 Å². The van der Waals surface area contributed by atoms with Crippen LogP contribution in [0.15, 0.2) is 48.5 Å². The van der Waals surface area contributed by atoms with Crippen molar-refractivity contribution in [1.82, 2.24) is 0 Å². The number of hydrogen-bond donors (Lipinski definition) is 3. The largest absolute Gasteiger partial charge is 0.478 e. The molecule has 0 aliphatic heterocycles. The van der Waals surface area contributed by atoms with E-state index in [1.807, 2.05) is 0 Å². The molecular formula is C24H28O8. The molecule has 1 atom stereocenters. The highest BCUT2D eigenvalue weighted by molar-refractivity contribution is 5.94. The summed E-state index contributed by atoms with van der Waals surface area (Å²) in [4.78, 5) is 43.5. The van der Waals surface area contributed by atoms with Gasteiger partial charge in [0.25, 0.3) is 0 Å². The fourth-order valence-corrected chi connectivity index (χ4v) is 2.74. The third-order valence-corrected chi connectivity index (χ3v) is 4.70. The van der Waals surface area contributed by atoms with Crippen LogP contribution in [0, 0.1) is 5.92 Å². The molecular weight excluding hydrogens is 416 g/mol. The molecule has 0 amide bonds. The topological polar surface area (TPSA) is 138 Å². The van der Waals surface area contributed by atoms with E-state index in [2.05, 4.69) is 13.8 Å². The molecule has 2 aromatic carbocycles. The van der Waals surface area contributed by atoms with Gasteiger partial charge in [-0.1, -0.05) is 45.2 Å². The number of unbranched alkanes of at least 4 members (excludes halogenated alkanes) is 1. The molecule has 2 rings (SSSR count). The Morgan fingerprint density at radius 3 is 1.62 bits per heavy atom. The zero-order chi connectivity index (χ0) is 24.1. The molecule has 1 unspecified atom stereocenters. The molecule has 3 N–H and O–H groups in total. The molecule has 8 nitrogen and oxygen atoms in total. The second-order valence-electron chi connectivity index (χ2n) is 7.09. The van der Waals surface area contributed by atoms with Crippen molar-refractivity contribution in [3.8, 4) is 0 Å². The maximum absolute atomic E-state index is 11.9. The Balaban J connectivity index is 0.000000363. The summed E-state index contributed by atoms with van der Waals surface area (Å²) >= 11 is 0. The van der Waals surface area contributed by atoms with Gasteiger partial charge in [-0.3, -0.25) is 0 Å². The third kappa shape index (κ3) is 8.99. The molecule has 0 heterocycles. The molecule has 0 aliphatic carbocycles. The van der Waals surface area contributed by atoms with Gasteiger partial charge >= 0.3 is 23.9 Å². The van der Waals surface area contributed by atoms with Crippen molar-refractivity contribution in [2.75, 3.05) is 6.61 Å².